The number of methoxy groups -OCH3 is 1. The monoisotopic (exact) mass is 392 g/mol. The molecule has 0 saturated carbocycles. The van der Waals surface area contributed by atoms with Crippen LogP contribution in [0.5, 0.6) is 5.75 Å². The van der Waals surface area contributed by atoms with Gasteiger partial charge in [0.2, 0.25) is 5.91 Å². The average molecular weight is 392 g/mol. The van der Waals surface area contributed by atoms with Gasteiger partial charge in [-0.05, 0) is 53.6 Å². The summed E-state index contributed by atoms with van der Waals surface area (Å²) in [6.07, 6.45) is 0. The lowest BCUT2D eigenvalue weighted by Crippen LogP contribution is -2.56. The van der Waals surface area contributed by atoms with Gasteiger partial charge in [-0.25, -0.2) is 0 Å². The Labute approximate surface area is 167 Å². The number of hydrogen-bond donors (Lipinski definition) is 0. The number of anilines is 2. The first-order valence-corrected chi connectivity index (χ1v) is 9.89. The number of hydrogen-bond acceptors (Lipinski definition) is 4. The Kier molecular flexibility index (Phi) is 4.88. The zero-order chi connectivity index (χ0) is 19.7. The molecule has 1 saturated heterocycles. The summed E-state index contributed by atoms with van der Waals surface area (Å²) in [5, 5.41) is 3.84. The molecule has 1 unspecified atom stereocenters. The maximum Gasteiger partial charge on any atom is 0.255 e. The largest absolute Gasteiger partial charge is 0.495 e. The molecular weight excluding hydrogens is 372 g/mol. The highest BCUT2D eigenvalue weighted by atomic mass is 32.1. The maximum atomic E-state index is 13.6. The van der Waals surface area contributed by atoms with Gasteiger partial charge in [-0.2, -0.15) is 11.3 Å². The van der Waals surface area contributed by atoms with Crippen molar-refractivity contribution >= 4 is 34.5 Å². The van der Waals surface area contributed by atoms with Gasteiger partial charge in [-0.15, -0.1) is 0 Å². The van der Waals surface area contributed by atoms with Gasteiger partial charge in [0.1, 0.15) is 18.3 Å². The summed E-state index contributed by atoms with van der Waals surface area (Å²) in [4.78, 5) is 29.9. The number of benzene rings is 2. The van der Waals surface area contributed by atoms with Crippen LogP contribution in [0.4, 0.5) is 11.4 Å². The number of rotatable bonds is 4. The van der Waals surface area contributed by atoms with Crippen LogP contribution in [0.1, 0.15) is 17.2 Å². The van der Waals surface area contributed by atoms with Crippen LogP contribution < -0.4 is 14.5 Å². The van der Waals surface area contributed by atoms with Crippen molar-refractivity contribution in [1.82, 2.24) is 0 Å². The van der Waals surface area contributed by atoms with Crippen LogP contribution in [-0.4, -0.2) is 25.5 Å². The van der Waals surface area contributed by atoms with E-state index in [0.29, 0.717) is 11.4 Å². The fourth-order valence-corrected chi connectivity index (χ4v) is 4.15. The lowest BCUT2D eigenvalue weighted by atomic mass is 10.0. The van der Waals surface area contributed by atoms with Crippen LogP contribution in [0.3, 0.4) is 0 Å². The summed E-state index contributed by atoms with van der Waals surface area (Å²) in [7, 11) is 1.56. The van der Waals surface area contributed by atoms with Crippen LogP contribution in [0.2, 0.25) is 0 Å². The van der Waals surface area contributed by atoms with Crippen LogP contribution in [0.25, 0.3) is 0 Å². The van der Waals surface area contributed by atoms with E-state index in [1.807, 2.05) is 60.1 Å². The fourth-order valence-electron chi connectivity index (χ4n) is 3.47. The number of para-hydroxylation sites is 2. The fraction of sp³-hybridized carbons (Fsp3) is 0.182. The first-order chi connectivity index (χ1) is 13.6. The molecule has 5 nitrogen and oxygen atoms in total. The van der Waals surface area contributed by atoms with E-state index in [1.165, 1.54) is 16.2 Å². The Morgan fingerprint density at radius 1 is 1.04 bits per heavy atom. The number of carbonyl (C=O) groups excluding carboxylic acids is 2. The summed E-state index contributed by atoms with van der Waals surface area (Å²) in [6.45, 7) is 1.96. The Morgan fingerprint density at radius 2 is 1.79 bits per heavy atom. The Bertz CT molecular complexity index is 999. The minimum atomic E-state index is -0.708. The molecule has 1 aliphatic rings. The first-order valence-electron chi connectivity index (χ1n) is 8.95. The van der Waals surface area contributed by atoms with Gasteiger partial charge in [0.15, 0.2) is 0 Å². The molecule has 0 aliphatic carbocycles. The molecule has 28 heavy (non-hydrogen) atoms. The predicted molar refractivity (Wildman–Crippen MR) is 111 cm³/mol. The SMILES string of the molecule is COc1ccccc1N1CC(=O)N(c2ccc(C)cc2)C(c2ccsc2)C1=O. The van der Waals surface area contributed by atoms with Crippen molar-refractivity contribution in [2.75, 3.05) is 23.5 Å². The van der Waals surface area contributed by atoms with E-state index in [1.54, 1.807) is 24.1 Å². The lowest BCUT2D eigenvalue weighted by molar-refractivity contribution is -0.128. The number of carbonyl (C=O) groups is 2. The molecule has 1 fully saturated rings. The minimum absolute atomic E-state index is 0.0340. The van der Waals surface area contributed by atoms with Crippen LogP contribution in [0, 0.1) is 6.92 Å². The molecule has 0 spiro atoms. The third-order valence-corrected chi connectivity index (χ3v) is 5.57. The Morgan fingerprint density at radius 3 is 2.46 bits per heavy atom. The summed E-state index contributed by atoms with van der Waals surface area (Å²) >= 11 is 1.51. The Balaban J connectivity index is 1.80. The highest BCUT2D eigenvalue weighted by Gasteiger charge is 2.42. The highest BCUT2D eigenvalue weighted by Crippen LogP contribution is 2.37. The quantitative estimate of drug-likeness (QED) is 0.669. The number of nitrogens with zero attached hydrogens (tertiary/aromatic N) is 2. The summed E-state index contributed by atoms with van der Waals surface area (Å²) < 4.78 is 5.42. The van der Waals surface area contributed by atoms with E-state index >= 15 is 0 Å². The van der Waals surface area contributed by atoms with Gasteiger partial charge in [-0.1, -0.05) is 29.8 Å². The third kappa shape index (κ3) is 3.16. The van der Waals surface area contributed by atoms with Crippen molar-refractivity contribution in [3.8, 4) is 5.75 Å². The number of ether oxygens (including phenoxy) is 1. The molecule has 6 heteroatoms. The molecule has 1 aliphatic heterocycles. The van der Waals surface area contributed by atoms with Gasteiger partial charge in [0.25, 0.3) is 5.91 Å². The van der Waals surface area contributed by atoms with E-state index in [4.69, 9.17) is 4.74 Å². The van der Waals surface area contributed by atoms with Crippen molar-refractivity contribution in [1.29, 1.82) is 0 Å². The molecule has 0 N–H and O–H groups in total. The van der Waals surface area contributed by atoms with Gasteiger partial charge in [0.05, 0.1) is 12.8 Å². The number of amides is 2. The molecular formula is C22H20N2O3S. The standard InChI is InChI=1S/C22H20N2O3S/c1-15-7-9-17(10-8-15)24-20(25)13-23(18-5-3-4-6-19(18)27-2)22(26)21(24)16-11-12-28-14-16/h3-12,14,21H,13H2,1-2H3. The minimum Gasteiger partial charge on any atom is -0.495 e. The van der Waals surface area contributed by atoms with E-state index in [2.05, 4.69) is 0 Å². The molecule has 1 atom stereocenters. The molecule has 2 heterocycles. The lowest BCUT2D eigenvalue weighted by Gasteiger charge is -2.40. The second-order valence-electron chi connectivity index (χ2n) is 6.65. The van der Waals surface area contributed by atoms with Crippen molar-refractivity contribution in [2.45, 2.75) is 13.0 Å². The first kappa shape index (κ1) is 18.3. The highest BCUT2D eigenvalue weighted by molar-refractivity contribution is 7.08. The molecule has 4 rings (SSSR count). The van der Waals surface area contributed by atoms with Gasteiger partial charge in [-0.3, -0.25) is 19.4 Å². The second kappa shape index (κ2) is 7.48. The molecule has 3 aromatic rings. The molecule has 2 amide bonds. The predicted octanol–water partition coefficient (Wildman–Crippen LogP) is 4.19. The topological polar surface area (TPSA) is 49.9 Å². The maximum absolute atomic E-state index is 13.6. The van der Waals surface area contributed by atoms with E-state index in [9.17, 15) is 9.59 Å². The van der Waals surface area contributed by atoms with Gasteiger partial charge in [0, 0.05) is 5.69 Å². The second-order valence-corrected chi connectivity index (χ2v) is 7.43. The zero-order valence-corrected chi connectivity index (χ0v) is 16.5. The number of thiophene rings is 1. The van der Waals surface area contributed by atoms with E-state index < -0.39 is 6.04 Å². The summed E-state index contributed by atoms with van der Waals surface area (Å²) in [5.74, 6) is 0.283. The van der Waals surface area contributed by atoms with Gasteiger partial charge >= 0.3 is 0 Å². The zero-order valence-electron chi connectivity index (χ0n) is 15.7. The molecule has 1 aromatic heterocycles. The van der Waals surface area contributed by atoms with Crippen LogP contribution in [-0.2, 0) is 9.59 Å². The van der Waals surface area contributed by atoms with Crippen molar-refractivity contribution in [2.24, 2.45) is 0 Å². The van der Waals surface area contributed by atoms with E-state index in [0.717, 1.165) is 16.8 Å². The third-order valence-electron chi connectivity index (χ3n) is 4.87. The molecule has 0 radical (unpaired) electrons. The number of piperazine rings is 1. The Hall–Kier alpha value is -3.12. The normalized spacial score (nSPS) is 17.1. The smallest absolute Gasteiger partial charge is 0.255 e. The van der Waals surface area contributed by atoms with Gasteiger partial charge < -0.3 is 4.74 Å². The van der Waals surface area contributed by atoms with Crippen LogP contribution >= 0.6 is 11.3 Å². The van der Waals surface area contributed by atoms with Crippen molar-refractivity contribution in [3.63, 3.8) is 0 Å². The molecule has 142 valence electrons. The summed E-state index contributed by atoms with van der Waals surface area (Å²) in [5.41, 5.74) is 3.23. The average Bonchev–Trinajstić information content (AvgIpc) is 3.24. The molecule has 0 bridgehead atoms. The summed E-state index contributed by atoms with van der Waals surface area (Å²) in [6, 6.07) is 16.1. The number of aryl methyl sites for hydroxylation is 1. The van der Waals surface area contributed by atoms with Crippen molar-refractivity contribution in [3.05, 3.63) is 76.5 Å². The molecule has 2 aromatic carbocycles. The van der Waals surface area contributed by atoms with Crippen LogP contribution in [0.15, 0.2) is 65.4 Å². The van der Waals surface area contributed by atoms with E-state index in [-0.39, 0.29) is 18.4 Å². The van der Waals surface area contributed by atoms with Crippen molar-refractivity contribution < 1.29 is 14.3 Å².